The van der Waals surface area contributed by atoms with E-state index < -0.39 is 0 Å². The van der Waals surface area contributed by atoms with Gasteiger partial charge in [-0.25, -0.2) is 0 Å². The van der Waals surface area contributed by atoms with Crippen LogP contribution in [-0.4, -0.2) is 49.7 Å². The summed E-state index contributed by atoms with van der Waals surface area (Å²) in [5.41, 5.74) is 2.48. The van der Waals surface area contributed by atoms with Crippen LogP contribution in [0.3, 0.4) is 0 Å². The first kappa shape index (κ1) is 14.9. The zero-order valence-corrected chi connectivity index (χ0v) is 13.9. The molecule has 0 N–H and O–H groups in total. The van der Waals surface area contributed by atoms with Crippen LogP contribution >= 0.6 is 15.9 Å². The molecule has 1 amide bonds. The summed E-state index contributed by atoms with van der Waals surface area (Å²) < 4.78 is 6.64. The van der Waals surface area contributed by atoms with Crippen molar-refractivity contribution in [3.63, 3.8) is 0 Å². The molecule has 3 rings (SSSR count). The second kappa shape index (κ2) is 6.36. The van der Waals surface area contributed by atoms with E-state index in [9.17, 15) is 4.79 Å². The smallest absolute Gasteiger partial charge is 0.251 e. The summed E-state index contributed by atoms with van der Waals surface area (Å²) in [7, 11) is 0. The molecular weight excluding hydrogens is 332 g/mol. The molecule has 2 heterocycles. The molecule has 2 aliphatic heterocycles. The zero-order chi connectivity index (χ0) is 14.8. The topological polar surface area (TPSA) is 32.8 Å². The van der Waals surface area contributed by atoms with Gasteiger partial charge >= 0.3 is 0 Å². The van der Waals surface area contributed by atoms with Gasteiger partial charge in [-0.15, -0.1) is 0 Å². The van der Waals surface area contributed by atoms with Crippen LogP contribution in [0, 0.1) is 6.92 Å². The van der Waals surface area contributed by atoms with Crippen LogP contribution in [0.4, 0.5) is 5.69 Å². The molecular formula is C16H21BrN2O2. The second-order valence-corrected chi connectivity index (χ2v) is 6.60. The quantitative estimate of drug-likeness (QED) is 0.819. The van der Waals surface area contributed by atoms with Crippen LogP contribution in [0.5, 0.6) is 0 Å². The average Bonchev–Trinajstić information content (AvgIpc) is 3.04. The fraction of sp³-hybridized carbons (Fsp3) is 0.562. The number of amides is 1. The van der Waals surface area contributed by atoms with Gasteiger partial charge in [0.25, 0.3) is 5.91 Å². The van der Waals surface area contributed by atoms with Gasteiger partial charge < -0.3 is 14.5 Å². The molecule has 2 saturated heterocycles. The molecule has 0 aromatic heterocycles. The number of anilines is 1. The summed E-state index contributed by atoms with van der Waals surface area (Å²) in [5, 5.41) is 0. The number of carbonyl (C=O) groups is 1. The molecule has 21 heavy (non-hydrogen) atoms. The number of piperazine rings is 1. The molecule has 4 nitrogen and oxygen atoms in total. The molecule has 0 saturated carbocycles. The molecule has 2 fully saturated rings. The van der Waals surface area contributed by atoms with Crippen molar-refractivity contribution in [2.24, 2.45) is 0 Å². The van der Waals surface area contributed by atoms with E-state index in [1.807, 2.05) is 4.90 Å². The number of carbonyl (C=O) groups excluding carboxylic acids is 1. The van der Waals surface area contributed by atoms with Crippen LogP contribution < -0.4 is 4.90 Å². The molecule has 1 aromatic carbocycles. The van der Waals surface area contributed by atoms with Gasteiger partial charge in [0, 0.05) is 42.9 Å². The van der Waals surface area contributed by atoms with Gasteiger partial charge in [0.2, 0.25) is 0 Å². The predicted molar refractivity (Wildman–Crippen MR) is 86.6 cm³/mol. The highest BCUT2D eigenvalue weighted by Gasteiger charge is 2.30. The van der Waals surface area contributed by atoms with Crippen LogP contribution in [0.15, 0.2) is 22.7 Å². The van der Waals surface area contributed by atoms with Crippen molar-refractivity contribution in [1.29, 1.82) is 0 Å². The Labute approximate surface area is 134 Å². The Balaban J connectivity index is 1.59. The van der Waals surface area contributed by atoms with Crippen LogP contribution in [0.1, 0.15) is 18.4 Å². The standard InChI is InChI=1S/C16H21BrN2O2/c1-12-11-13(4-5-14(12)17)18-6-8-19(9-7-18)16(20)15-3-2-10-21-15/h4-5,11,15H,2-3,6-10H2,1H3. The number of halogens is 1. The van der Waals surface area contributed by atoms with Crippen LogP contribution in [0.25, 0.3) is 0 Å². The lowest BCUT2D eigenvalue weighted by molar-refractivity contribution is -0.141. The van der Waals surface area contributed by atoms with E-state index in [-0.39, 0.29) is 12.0 Å². The zero-order valence-electron chi connectivity index (χ0n) is 12.3. The van der Waals surface area contributed by atoms with Gasteiger partial charge in [0.15, 0.2) is 0 Å². The first-order valence-corrected chi connectivity index (χ1v) is 8.36. The third-order valence-electron chi connectivity index (χ3n) is 4.30. The van der Waals surface area contributed by atoms with Crippen molar-refractivity contribution < 1.29 is 9.53 Å². The lowest BCUT2D eigenvalue weighted by Gasteiger charge is -2.37. The molecule has 0 aliphatic carbocycles. The fourth-order valence-corrected chi connectivity index (χ4v) is 3.23. The number of rotatable bonds is 2. The first-order chi connectivity index (χ1) is 10.1. The minimum Gasteiger partial charge on any atom is -0.368 e. The Morgan fingerprint density at radius 1 is 1.29 bits per heavy atom. The Morgan fingerprint density at radius 3 is 2.67 bits per heavy atom. The summed E-state index contributed by atoms with van der Waals surface area (Å²) in [6.07, 6.45) is 1.70. The maximum absolute atomic E-state index is 12.3. The molecule has 0 radical (unpaired) electrons. The Morgan fingerprint density at radius 2 is 2.05 bits per heavy atom. The van der Waals surface area contributed by atoms with E-state index in [1.54, 1.807) is 0 Å². The van der Waals surface area contributed by atoms with Gasteiger partial charge in [-0.1, -0.05) is 15.9 Å². The normalized spacial score (nSPS) is 22.7. The molecule has 1 unspecified atom stereocenters. The second-order valence-electron chi connectivity index (χ2n) is 5.75. The van der Waals surface area contributed by atoms with Crippen molar-refractivity contribution in [3.8, 4) is 0 Å². The minimum atomic E-state index is -0.188. The third-order valence-corrected chi connectivity index (χ3v) is 5.19. The van der Waals surface area contributed by atoms with Crippen LogP contribution in [0.2, 0.25) is 0 Å². The van der Waals surface area contributed by atoms with E-state index in [0.29, 0.717) is 0 Å². The number of hydrogen-bond acceptors (Lipinski definition) is 3. The van der Waals surface area contributed by atoms with Gasteiger partial charge in [-0.3, -0.25) is 4.79 Å². The molecule has 0 spiro atoms. The Bertz CT molecular complexity index is 521. The summed E-state index contributed by atoms with van der Waals surface area (Å²) in [6.45, 7) is 6.18. The minimum absolute atomic E-state index is 0.180. The fourth-order valence-electron chi connectivity index (χ4n) is 2.99. The van der Waals surface area contributed by atoms with E-state index >= 15 is 0 Å². The molecule has 1 aromatic rings. The van der Waals surface area contributed by atoms with Crippen LogP contribution in [-0.2, 0) is 9.53 Å². The highest BCUT2D eigenvalue weighted by molar-refractivity contribution is 9.10. The highest BCUT2D eigenvalue weighted by atomic mass is 79.9. The molecule has 5 heteroatoms. The molecule has 1 atom stereocenters. The predicted octanol–water partition coefficient (Wildman–Crippen LogP) is 2.59. The molecule has 0 bridgehead atoms. The Hall–Kier alpha value is -1.07. The van der Waals surface area contributed by atoms with Crippen molar-refractivity contribution in [1.82, 2.24) is 4.90 Å². The summed E-state index contributed by atoms with van der Waals surface area (Å²) >= 11 is 3.53. The van der Waals surface area contributed by atoms with Gasteiger partial charge in [-0.05, 0) is 43.5 Å². The molecule has 2 aliphatic rings. The van der Waals surface area contributed by atoms with Gasteiger partial charge in [-0.2, -0.15) is 0 Å². The lowest BCUT2D eigenvalue weighted by Crippen LogP contribution is -2.51. The number of ether oxygens (including phenoxy) is 1. The van der Waals surface area contributed by atoms with Crippen molar-refractivity contribution >= 4 is 27.5 Å². The Kier molecular flexibility index (Phi) is 4.50. The summed E-state index contributed by atoms with van der Waals surface area (Å²) in [5.74, 6) is 0.180. The van der Waals surface area contributed by atoms with E-state index in [2.05, 4.69) is 46.0 Å². The van der Waals surface area contributed by atoms with Crippen molar-refractivity contribution in [2.75, 3.05) is 37.7 Å². The third kappa shape index (κ3) is 3.24. The summed E-state index contributed by atoms with van der Waals surface area (Å²) in [6, 6.07) is 6.42. The number of hydrogen-bond donors (Lipinski definition) is 0. The van der Waals surface area contributed by atoms with Gasteiger partial charge in [0.05, 0.1) is 0 Å². The molecule has 114 valence electrons. The van der Waals surface area contributed by atoms with E-state index in [0.717, 1.165) is 50.1 Å². The number of aryl methyl sites for hydroxylation is 1. The van der Waals surface area contributed by atoms with E-state index in [4.69, 9.17) is 4.74 Å². The maximum atomic E-state index is 12.3. The lowest BCUT2D eigenvalue weighted by atomic mass is 10.1. The average molecular weight is 353 g/mol. The summed E-state index contributed by atoms with van der Waals surface area (Å²) in [4.78, 5) is 16.6. The van der Waals surface area contributed by atoms with Gasteiger partial charge in [0.1, 0.15) is 6.10 Å². The maximum Gasteiger partial charge on any atom is 0.251 e. The number of benzene rings is 1. The highest BCUT2D eigenvalue weighted by Crippen LogP contribution is 2.24. The first-order valence-electron chi connectivity index (χ1n) is 7.56. The van der Waals surface area contributed by atoms with E-state index in [1.165, 1.54) is 11.3 Å². The largest absolute Gasteiger partial charge is 0.368 e. The monoisotopic (exact) mass is 352 g/mol. The SMILES string of the molecule is Cc1cc(N2CCN(C(=O)C3CCCO3)CC2)ccc1Br. The number of nitrogens with zero attached hydrogens (tertiary/aromatic N) is 2. The van der Waals surface area contributed by atoms with Crippen molar-refractivity contribution in [3.05, 3.63) is 28.2 Å². The van der Waals surface area contributed by atoms with Crippen molar-refractivity contribution in [2.45, 2.75) is 25.9 Å².